The van der Waals surface area contributed by atoms with Crippen molar-refractivity contribution in [3.05, 3.63) is 64.5 Å². The number of alkyl halides is 6. The molecule has 4 rings (SSSR count). The number of ether oxygens (including phenoxy) is 2. The van der Waals surface area contributed by atoms with E-state index in [4.69, 9.17) is 4.74 Å². The highest BCUT2D eigenvalue weighted by atomic mass is 19.4. The number of anilines is 1. The van der Waals surface area contributed by atoms with Gasteiger partial charge in [0.25, 0.3) is 5.91 Å². The highest BCUT2D eigenvalue weighted by Crippen LogP contribution is 2.34. The fraction of sp³-hybridized carbons (Fsp3) is 0.462. The molecule has 0 radical (unpaired) electrons. The zero-order valence-corrected chi connectivity index (χ0v) is 22.9. The zero-order chi connectivity index (χ0) is 31.9. The van der Waals surface area contributed by atoms with Crippen molar-refractivity contribution in [2.45, 2.75) is 76.3 Å². The number of benzene rings is 1. The molecule has 0 bridgehead atoms. The fourth-order valence-corrected chi connectivity index (χ4v) is 4.28. The Balaban J connectivity index is 1.20. The van der Waals surface area contributed by atoms with Crippen LogP contribution in [-0.2, 0) is 24.4 Å². The predicted molar refractivity (Wildman–Crippen MR) is 140 cm³/mol. The number of nitrogens with zero attached hydrogens (tertiary/aromatic N) is 5. The van der Waals surface area contributed by atoms with Gasteiger partial charge in [-0.25, -0.2) is 27.4 Å². The summed E-state index contributed by atoms with van der Waals surface area (Å²) in [5.41, 5.74) is -0.593. The Morgan fingerprint density at radius 1 is 1.16 bits per heavy atom. The summed E-state index contributed by atoms with van der Waals surface area (Å²) >= 11 is 0. The molecule has 2 aromatic heterocycles. The second-order valence-electron chi connectivity index (χ2n) is 9.96. The second kappa shape index (κ2) is 13.8. The van der Waals surface area contributed by atoms with Gasteiger partial charge in [0.1, 0.15) is 23.8 Å². The Labute approximate surface area is 245 Å². The van der Waals surface area contributed by atoms with Crippen molar-refractivity contribution < 1.29 is 45.4 Å². The monoisotopic (exact) mass is 631 g/mol. The molecule has 0 spiro atoms. The number of amides is 2. The lowest BCUT2D eigenvalue weighted by Gasteiger charge is -2.27. The molecule has 1 aliphatic carbocycles. The minimum absolute atomic E-state index is 0.0189. The zero-order valence-electron chi connectivity index (χ0n) is 22.9. The first kappa shape index (κ1) is 32.3. The average molecular weight is 632 g/mol. The van der Waals surface area contributed by atoms with Gasteiger partial charge in [-0.05, 0) is 43.0 Å². The highest BCUT2D eigenvalue weighted by molar-refractivity contribution is 5.91. The molecule has 1 fully saturated rings. The Hall–Kier alpha value is -4.64. The number of carbonyl (C=O) groups is 2. The topological polar surface area (TPSA) is 142 Å². The number of halogens is 6. The summed E-state index contributed by atoms with van der Waals surface area (Å²) in [5, 5.41) is 12.1. The number of nitrogens with one attached hydrogen (secondary N) is 2. The summed E-state index contributed by atoms with van der Waals surface area (Å²) in [6.45, 7) is -0.502. The van der Waals surface area contributed by atoms with Crippen LogP contribution in [0.3, 0.4) is 0 Å². The molecular weight excluding hydrogens is 604 g/mol. The molecule has 238 valence electrons. The molecule has 1 aliphatic rings. The van der Waals surface area contributed by atoms with Crippen molar-refractivity contribution in [2.75, 3.05) is 5.32 Å². The van der Waals surface area contributed by atoms with E-state index in [2.05, 4.69) is 30.7 Å². The van der Waals surface area contributed by atoms with Gasteiger partial charge in [0.05, 0.1) is 12.7 Å². The smallest absolute Gasteiger partial charge is 0.446 e. The van der Waals surface area contributed by atoms with Crippen molar-refractivity contribution in [2.24, 2.45) is 0 Å². The first-order chi connectivity index (χ1) is 20.7. The van der Waals surface area contributed by atoms with Crippen molar-refractivity contribution in [3.8, 4) is 5.75 Å². The number of rotatable bonds is 11. The lowest BCUT2D eigenvalue weighted by atomic mass is 9.94. The van der Waals surface area contributed by atoms with E-state index < -0.39 is 48.0 Å². The maximum absolute atomic E-state index is 14.6. The van der Waals surface area contributed by atoms with Crippen LogP contribution in [0.15, 0.2) is 47.5 Å². The molecule has 0 saturated heterocycles. The molecule has 1 atom stereocenters. The molecule has 18 heteroatoms. The van der Waals surface area contributed by atoms with Crippen LogP contribution in [0.5, 0.6) is 5.75 Å². The number of aryl methyl sites for hydroxylation is 1. The average Bonchev–Trinajstić information content (AvgIpc) is 3.40. The fourth-order valence-electron chi connectivity index (χ4n) is 4.28. The van der Waals surface area contributed by atoms with Crippen molar-refractivity contribution in [1.29, 1.82) is 0 Å². The molecule has 2 heterocycles. The largest absolute Gasteiger partial charge is 0.573 e. The van der Waals surface area contributed by atoms with Crippen molar-refractivity contribution >= 4 is 17.8 Å². The Morgan fingerprint density at radius 2 is 1.91 bits per heavy atom. The SMILES string of the molecule is O=C(Nc1ccn(CCC(F)Cn2cc(C(=O)NCc3cccc(OC(F)(F)F)c3)nn2)c(=O)n1)OC1CCC(F)(F)CC1. The molecule has 1 saturated carbocycles. The number of hydrogen-bond donors (Lipinski definition) is 2. The number of aromatic nitrogens is 5. The maximum Gasteiger partial charge on any atom is 0.573 e. The van der Waals surface area contributed by atoms with Gasteiger partial charge in [0, 0.05) is 32.1 Å². The quantitative estimate of drug-likeness (QED) is 0.300. The first-order valence-electron chi connectivity index (χ1n) is 13.3. The van der Waals surface area contributed by atoms with Crippen LogP contribution in [-0.4, -0.2) is 61.1 Å². The van der Waals surface area contributed by atoms with Gasteiger partial charge in [-0.1, -0.05) is 17.3 Å². The van der Waals surface area contributed by atoms with Gasteiger partial charge in [-0.2, -0.15) is 4.98 Å². The predicted octanol–water partition coefficient (Wildman–Crippen LogP) is 4.22. The lowest BCUT2D eigenvalue weighted by Crippen LogP contribution is -2.32. The standard InChI is InChI=1S/C26H27F6N7O5/c27-17(6-10-38-11-7-21(34-23(38)41)35-24(42)43-18-4-8-25(28,29)9-5-18)14-39-15-20(36-37-39)22(40)33-13-16-2-1-3-19(12-16)44-26(30,31)32/h1-3,7,11-12,15,17-18H,4-6,8-10,13-14H2,(H,33,40)(H,34,35,41,42). The van der Waals surface area contributed by atoms with E-state index in [0.717, 1.165) is 21.4 Å². The Bertz CT molecular complexity index is 1500. The van der Waals surface area contributed by atoms with Gasteiger partial charge < -0.3 is 14.8 Å². The third-order valence-corrected chi connectivity index (χ3v) is 6.47. The Kier molecular flexibility index (Phi) is 10.1. The highest BCUT2D eigenvalue weighted by Gasteiger charge is 2.36. The minimum atomic E-state index is -4.86. The second-order valence-corrected chi connectivity index (χ2v) is 9.96. The molecule has 12 nitrogen and oxygen atoms in total. The third-order valence-electron chi connectivity index (χ3n) is 6.47. The molecular formula is C26H27F6N7O5. The summed E-state index contributed by atoms with van der Waals surface area (Å²) < 4.78 is 89.4. The van der Waals surface area contributed by atoms with E-state index in [1.165, 1.54) is 30.6 Å². The van der Waals surface area contributed by atoms with Crippen LogP contribution in [0.1, 0.15) is 48.2 Å². The third kappa shape index (κ3) is 9.98. The number of hydrogen-bond acceptors (Lipinski definition) is 8. The summed E-state index contributed by atoms with van der Waals surface area (Å²) in [7, 11) is 0. The molecule has 0 aliphatic heterocycles. The Morgan fingerprint density at radius 3 is 2.61 bits per heavy atom. The van der Waals surface area contributed by atoms with Crippen LogP contribution in [0.2, 0.25) is 0 Å². The molecule has 3 aromatic rings. The van der Waals surface area contributed by atoms with E-state index in [9.17, 15) is 40.7 Å². The van der Waals surface area contributed by atoms with Crippen LogP contribution >= 0.6 is 0 Å². The summed E-state index contributed by atoms with van der Waals surface area (Å²) in [5.74, 6) is -4.02. The first-order valence-corrected chi connectivity index (χ1v) is 13.3. The van der Waals surface area contributed by atoms with E-state index in [0.29, 0.717) is 5.56 Å². The van der Waals surface area contributed by atoms with Crippen LogP contribution < -0.4 is 21.1 Å². The van der Waals surface area contributed by atoms with Crippen LogP contribution in [0, 0.1) is 0 Å². The van der Waals surface area contributed by atoms with E-state index in [1.54, 1.807) is 0 Å². The van der Waals surface area contributed by atoms with E-state index in [-0.39, 0.29) is 63.3 Å². The van der Waals surface area contributed by atoms with Gasteiger partial charge in [-0.3, -0.25) is 14.7 Å². The van der Waals surface area contributed by atoms with E-state index >= 15 is 0 Å². The summed E-state index contributed by atoms with van der Waals surface area (Å²) in [6.07, 6.45) is -6.34. The van der Waals surface area contributed by atoms with Crippen LogP contribution in [0.4, 0.5) is 37.0 Å². The summed E-state index contributed by atoms with van der Waals surface area (Å²) in [4.78, 5) is 40.4. The maximum atomic E-state index is 14.6. The molecule has 1 unspecified atom stereocenters. The molecule has 44 heavy (non-hydrogen) atoms. The molecule has 1 aromatic carbocycles. The molecule has 2 N–H and O–H groups in total. The van der Waals surface area contributed by atoms with Crippen LogP contribution in [0.25, 0.3) is 0 Å². The molecule has 2 amide bonds. The lowest BCUT2D eigenvalue weighted by molar-refractivity contribution is -0.274. The summed E-state index contributed by atoms with van der Waals surface area (Å²) in [6, 6.07) is 6.35. The van der Waals surface area contributed by atoms with Crippen molar-refractivity contribution in [1.82, 2.24) is 29.9 Å². The normalized spacial score (nSPS) is 15.8. The van der Waals surface area contributed by atoms with E-state index in [1.807, 2.05) is 0 Å². The van der Waals surface area contributed by atoms with Gasteiger partial charge in [-0.15, -0.1) is 18.3 Å². The minimum Gasteiger partial charge on any atom is -0.446 e. The van der Waals surface area contributed by atoms with Gasteiger partial charge in [0.2, 0.25) is 5.92 Å². The van der Waals surface area contributed by atoms with Gasteiger partial charge in [0.15, 0.2) is 5.69 Å². The van der Waals surface area contributed by atoms with Crippen molar-refractivity contribution in [3.63, 3.8) is 0 Å². The van der Waals surface area contributed by atoms with Gasteiger partial charge >= 0.3 is 18.1 Å². The number of carbonyl (C=O) groups excluding carboxylic acids is 2.